The van der Waals surface area contributed by atoms with Crippen LogP contribution in [0.25, 0.3) is 0 Å². The molecule has 0 aliphatic carbocycles. The molecular weight excluding hydrogens is 326 g/mol. The lowest BCUT2D eigenvalue weighted by atomic mass is 10.2. The predicted molar refractivity (Wildman–Crippen MR) is 93.1 cm³/mol. The maximum atomic E-state index is 11.8. The van der Waals surface area contributed by atoms with Gasteiger partial charge < -0.3 is 15.4 Å². The van der Waals surface area contributed by atoms with E-state index in [1.807, 2.05) is 6.92 Å². The molecule has 0 aliphatic rings. The molecule has 0 saturated heterocycles. The summed E-state index contributed by atoms with van der Waals surface area (Å²) in [7, 11) is 1.27. The van der Waals surface area contributed by atoms with Crippen LogP contribution in [0.3, 0.4) is 0 Å². The minimum Gasteiger partial charge on any atom is -0.465 e. The van der Waals surface area contributed by atoms with Crippen LogP contribution >= 0.6 is 0 Å². The number of methoxy groups -OCH3 is 1. The molecule has 2 rings (SSSR count). The number of benzene rings is 1. The van der Waals surface area contributed by atoms with Gasteiger partial charge >= 0.3 is 11.7 Å². The average molecular weight is 345 g/mol. The van der Waals surface area contributed by atoms with E-state index in [4.69, 9.17) is 4.74 Å². The van der Waals surface area contributed by atoms with Crippen molar-refractivity contribution in [2.24, 2.45) is 0 Å². The molecule has 1 heterocycles. The van der Waals surface area contributed by atoms with Crippen molar-refractivity contribution in [1.82, 2.24) is 9.97 Å². The van der Waals surface area contributed by atoms with Gasteiger partial charge in [0.15, 0.2) is 0 Å². The molecule has 132 valence electrons. The van der Waals surface area contributed by atoms with E-state index in [9.17, 15) is 14.9 Å². The molecule has 2 N–H and O–H groups in total. The first kappa shape index (κ1) is 18.1. The van der Waals surface area contributed by atoms with Gasteiger partial charge in [-0.15, -0.1) is 0 Å². The largest absolute Gasteiger partial charge is 0.465 e. The zero-order chi connectivity index (χ0) is 18.2. The van der Waals surface area contributed by atoms with E-state index in [0.29, 0.717) is 12.2 Å². The van der Waals surface area contributed by atoms with Crippen molar-refractivity contribution in [3.05, 3.63) is 46.3 Å². The van der Waals surface area contributed by atoms with Gasteiger partial charge in [-0.1, -0.05) is 25.5 Å². The van der Waals surface area contributed by atoms with Crippen LogP contribution in [-0.4, -0.2) is 34.5 Å². The molecule has 0 fully saturated rings. The molecule has 9 nitrogen and oxygen atoms in total. The highest BCUT2D eigenvalue weighted by molar-refractivity contribution is 5.96. The third kappa shape index (κ3) is 4.40. The standard InChI is InChI=1S/C16H19N5O4/c1-3-4-9-17-14-13(21(23)24)15(19-10-18-14)20-12-8-6-5-7-11(12)16(22)25-2/h5-8,10H,3-4,9H2,1-2H3,(H2,17,18,19,20). The van der Waals surface area contributed by atoms with Gasteiger partial charge in [-0.2, -0.15) is 0 Å². The summed E-state index contributed by atoms with van der Waals surface area (Å²) in [6.45, 7) is 2.58. The van der Waals surface area contributed by atoms with Crippen LogP contribution in [0.2, 0.25) is 0 Å². The lowest BCUT2D eigenvalue weighted by molar-refractivity contribution is -0.383. The maximum absolute atomic E-state index is 11.8. The molecule has 25 heavy (non-hydrogen) atoms. The predicted octanol–water partition coefficient (Wildman–Crippen LogP) is 3.13. The van der Waals surface area contributed by atoms with E-state index >= 15 is 0 Å². The Balaban J connectivity index is 2.38. The molecular formula is C16H19N5O4. The molecule has 0 spiro atoms. The Hall–Kier alpha value is -3.23. The van der Waals surface area contributed by atoms with Crippen molar-refractivity contribution in [1.29, 1.82) is 0 Å². The number of hydrogen-bond acceptors (Lipinski definition) is 8. The lowest BCUT2D eigenvalue weighted by Gasteiger charge is -2.12. The normalized spacial score (nSPS) is 10.2. The number of hydrogen-bond donors (Lipinski definition) is 2. The summed E-state index contributed by atoms with van der Waals surface area (Å²) >= 11 is 0. The zero-order valence-electron chi connectivity index (χ0n) is 14.0. The summed E-state index contributed by atoms with van der Waals surface area (Å²) in [5.74, 6) is -0.428. The summed E-state index contributed by atoms with van der Waals surface area (Å²) < 4.78 is 4.72. The first-order valence-corrected chi connectivity index (χ1v) is 7.76. The topological polar surface area (TPSA) is 119 Å². The number of aromatic nitrogens is 2. The van der Waals surface area contributed by atoms with Crippen LogP contribution in [0.4, 0.5) is 23.0 Å². The van der Waals surface area contributed by atoms with Crippen molar-refractivity contribution >= 4 is 29.0 Å². The second kappa shape index (κ2) is 8.57. The number of nitrogens with zero attached hydrogens (tertiary/aromatic N) is 3. The van der Waals surface area contributed by atoms with Gasteiger partial charge in [0.25, 0.3) is 0 Å². The van der Waals surface area contributed by atoms with Crippen molar-refractivity contribution in [3.8, 4) is 0 Å². The molecule has 2 aromatic rings. The summed E-state index contributed by atoms with van der Waals surface area (Å²) in [5, 5.41) is 17.3. The maximum Gasteiger partial charge on any atom is 0.353 e. The number of anilines is 3. The molecule has 0 unspecified atom stereocenters. The molecule has 0 saturated carbocycles. The third-order valence-corrected chi connectivity index (χ3v) is 3.41. The Morgan fingerprint density at radius 3 is 2.68 bits per heavy atom. The van der Waals surface area contributed by atoms with Gasteiger partial charge in [0.2, 0.25) is 11.6 Å². The van der Waals surface area contributed by atoms with Crippen molar-refractivity contribution in [2.45, 2.75) is 19.8 Å². The molecule has 9 heteroatoms. The minimum absolute atomic E-state index is 0.00430. The lowest BCUT2D eigenvalue weighted by Crippen LogP contribution is -2.10. The Labute approximate surface area is 144 Å². The van der Waals surface area contributed by atoms with E-state index in [1.54, 1.807) is 24.3 Å². The Bertz CT molecular complexity index is 766. The number of rotatable bonds is 8. The number of nitrogens with one attached hydrogen (secondary N) is 2. The number of esters is 1. The van der Waals surface area contributed by atoms with Crippen molar-refractivity contribution < 1.29 is 14.5 Å². The molecule has 0 bridgehead atoms. The first-order valence-electron chi connectivity index (χ1n) is 7.76. The molecule has 0 aliphatic heterocycles. The second-order valence-corrected chi connectivity index (χ2v) is 5.12. The van der Waals surface area contributed by atoms with Crippen molar-refractivity contribution in [2.75, 3.05) is 24.3 Å². The monoisotopic (exact) mass is 345 g/mol. The van der Waals surface area contributed by atoms with Gasteiger partial charge in [-0.3, -0.25) is 10.1 Å². The van der Waals surface area contributed by atoms with Gasteiger partial charge in [0.05, 0.1) is 23.3 Å². The number of carbonyl (C=O) groups is 1. The average Bonchev–Trinajstić information content (AvgIpc) is 2.61. The van der Waals surface area contributed by atoms with Crippen LogP contribution < -0.4 is 10.6 Å². The van der Waals surface area contributed by atoms with Gasteiger partial charge in [-0.05, 0) is 18.6 Å². The van der Waals surface area contributed by atoms with Crippen LogP contribution in [0, 0.1) is 10.1 Å². The van der Waals surface area contributed by atoms with E-state index in [0.717, 1.165) is 12.8 Å². The van der Waals surface area contributed by atoms with Crippen LogP contribution in [0.15, 0.2) is 30.6 Å². The number of para-hydroxylation sites is 1. The zero-order valence-corrected chi connectivity index (χ0v) is 14.0. The summed E-state index contributed by atoms with van der Waals surface area (Å²) in [4.78, 5) is 30.7. The van der Waals surface area contributed by atoms with Gasteiger partial charge in [0, 0.05) is 6.54 Å². The molecule has 0 amide bonds. The smallest absolute Gasteiger partial charge is 0.353 e. The molecule has 0 radical (unpaired) electrons. The highest BCUT2D eigenvalue weighted by Crippen LogP contribution is 2.32. The van der Waals surface area contributed by atoms with Crippen LogP contribution in [-0.2, 0) is 4.74 Å². The number of nitro groups is 1. The van der Waals surface area contributed by atoms with Crippen molar-refractivity contribution in [3.63, 3.8) is 0 Å². The number of ether oxygens (including phenoxy) is 1. The number of unbranched alkanes of at least 4 members (excludes halogenated alkanes) is 1. The highest BCUT2D eigenvalue weighted by atomic mass is 16.6. The molecule has 1 aromatic carbocycles. The Morgan fingerprint density at radius 1 is 1.28 bits per heavy atom. The quantitative estimate of drug-likeness (QED) is 0.324. The van der Waals surface area contributed by atoms with E-state index in [-0.39, 0.29) is 22.9 Å². The number of carbonyl (C=O) groups excluding carboxylic acids is 1. The summed E-state index contributed by atoms with van der Waals surface area (Å²) in [6.07, 6.45) is 3.03. The Morgan fingerprint density at radius 2 is 2.00 bits per heavy atom. The van der Waals surface area contributed by atoms with E-state index in [1.165, 1.54) is 13.4 Å². The minimum atomic E-state index is -0.558. The van der Waals surface area contributed by atoms with Crippen LogP contribution in [0.1, 0.15) is 30.1 Å². The van der Waals surface area contributed by atoms with Crippen LogP contribution in [0.5, 0.6) is 0 Å². The van der Waals surface area contributed by atoms with Gasteiger partial charge in [-0.25, -0.2) is 14.8 Å². The van der Waals surface area contributed by atoms with E-state index in [2.05, 4.69) is 20.6 Å². The summed E-state index contributed by atoms with van der Waals surface area (Å²) in [5.41, 5.74) is 0.326. The fourth-order valence-corrected chi connectivity index (χ4v) is 2.16. The fraction of sp³-hybridized carbons (Fsp3) is 0.312. The molecule has 0 atom stereocenters. The first-order chi connectivity index (χ1) is 12.1. The molecule has 1 aromatic heterocycles. The summed E-state index contributed by atoms with van der Waals surface area (Å²) in [6, 6.07) is 6.54. The third-order valence-electron chi connectivity index (χ3n) is 3.41. The Kier molecular flexibility index (Phi) is 6.21. The highest BCUT2D eigenvalue weighted by Gasteiger charge is 2.24. The fourth-order valence-electron chi connectivity index (χ4n) is 2.16. The second-order valence-electron chi connectivity index (χ2n) is 5.12. The van der Waals surface area contributed by atoms with Gasteiger partial charge in [0.1, 0.15) is 6.33 Å². The SMILES string of the molecule is CCCCNc1ncnc(Nc2ccccc2C(=O)OC)c1[N+](=O)[O-]. The van der Waals surface area contributed by atoms with E-state index < -0.39 is 10.9 Å².